The quantitative estimate of drug-likeness (QED) is 0.863. The van der Waals surface area contributed by atoms with E-state index in [1.807, 2.05) is 0 Å². The van der Waals surface area contributed by atoms with Crippen molar-refractivity contribution in [2.75, 3.05) is 13.2 Å². The predicted octanol–water partition coefficient (Wildman–Crippen LogP) is 0.228. The summed E-state index contributed by atoms with van der Waals surface area (Å²) in [6, 6.07) is 0.717. The number of halogens is 2. The Kier molecular flexibility index (Phi) is 4.26. The van der Waals surface area contributed by atoms with E-state index in [9.17, 15) is 22.0 Å². The van der Waals surface area contributed by atoms with E-state index < -0.39 is 44.6 Å². The molecule has 0 bridgehead atoms. The van der Waals surface area contributed by atoms with Crippen molar-refractivity contribution in [1.29, 1.82) is 0 Å². The molecule has 6 nitrogen and oxygen atoms in total. The monoisotopic (exact) mass is 320 g/mol. The first-order valence-electron chi connectivity index (χ1n) is 6.12. The fourth-order valence-corrected chi connectivity index (χ4v) is 3.93. The molecule has 0 unspecified atom stereocenters. The number of rotatable bonds is 3. The molecule has 116 valence electrons. The second-order valence-electron chi connectivity index (χ2n) is 4.64. The summed E-state index contributed by atoms with van der Waals surface area (Å²) >= 11 is 0. The molecule has 9 heteroatoms. The standard InChI is InChI=1S/C12H14F2N2O4S/c1-7-11(12(15)17)16(2-3-20-7)21(18,19)10-5-8(13)4-9(14)6-10/h4-7,11H,2-3H2,1H3,(H2,15,17)/t7-,11+/m1/s1. The van der Waals surface area contributed by atoms with Crippen LogP contribution in [0, 0.1) is 11.6 Å². The molecular formula is C12H14F2N2O4S. The molecule has 1 heterocycles. The average Bonchev–Trinajstić information content (AvgIpc) is 2.36. The third-order valence-electron chi connectivity index (χ3n) is 3.18. The first-order valence-corrected chi connectivity index (χ1v) is 7.56. The second kappa shape index (κ2) is 5.66. The van der Waals surface area contributed by atoms with Crippen LogP contribution in [-0.2, 0) is 19.6 Å². The summed E-state index contributed by atoms with van der Waals surface area (Å²) in [7, 11) is -4.26. The number of hydrogen-bond donors (Lipinski definition) is 1. The van der Waals surface area contributed by atoms with Crippen LogP contribution in [0.1, 0.15) is 6.92 Å². The Balaban J connectivity index is 2.48. The van der Waals surface area contributed by atoms with E-state index in [2.05, 4.69) is 0 Å². The maximum absolute atomic E-state index is 13.2. The van der Waals surface area contributed by atoms with E-state index in [0.29, 0.717) is 18.2 Å². The number of carbonyl (C=O) groups is 1. The minimum Gasteiger partial charge on any atom is -0.375 e. The van der Waals surface area contributed by atoms with Crippen molar-refractivity contribution < 1.29 is 26.7 Å². The SMILES string of the molecule is C[C@H]1OCCN(S(=O)(=O)c2cc(F)cc(F)c2)[C@@H]1C(N)=O. The average molecular weight is 320 g/mol. The van der Waals surface area contributed by atoms with Crippen LogP contribution < -0.4 is 5.73 Å². The number of carbonyl (C=O) groups excluding carboxylic acids is 1. The molecule has 0 spiro atoms. The Morgan fingerprint density at radius 2 is 1.90 bits per heavy atom. The fraction of sp³-hybridized carbons (Fsp3) is 0.417. The van der Waals surface area contributed by atoms with Crippen molar-refractivity contribution in [2.24, 2.45) is 5.73 Å². The van der Waals surface area contributed by atoms with Gasteiger partial charge in [-0.25, -0.2) is 17.2 Å². The molecule has 21 heavy (non-hydrogen) atoms. The summed E-state index contributed by atoms with van der Waals surface area (Å²) in [4.78, 5) is 10.9. The van der Waals surface area contributed by atoms with E-state index in [0.717, 1.165) is 4.31 Å². The lowest BCUT2D eigenvalue weighted by molar-refractivity contribution is -0.130. The van der Waals surface area contributed by atoms with Gasteiger partial charge < -0.3 is 10.5 Å². The van der Waals surface area contributed by atoms with Gasteiger partial charge in [0.05, 0.1) is 17.6 Å². The summed E-state index contributed by atoms with van der Waals surface area (Å²) in [5, 5.41) is 0. The maximum atomic E-state index is 13.2. The highest BCUT2D eigenvalue weighted by Crippen LogP contribution is 2.24. The van der Waals surface area contributed by atoms with Crippen LogP contribution in [0.5, 0.6) is 0 Å². The molecule has 2 N–H and O–H groups in total. The smallest absolute Gasteiger partial charge is 0.244 e. The highest BCUT2D eigenvalue weighted by Gasteiger charge is 2.41. The zero-order valence-corrected chi connectivity index (χ0v) is 11.9. The number of ether oxygens (including phenoxy) is 1. The molecule has 0 radical (unpaired) electrons. The number of nitrogens with zero attached hydrogens (tertiary/aromatic N) is 1. The number of amides is 1. The minimum absolute atomic E-state index is 0.0575. The molecule has 1 aliphatic heterocycles. The third kappa shape index (κ3) is 3.04. The Hall–Kier alpha value is -1.58. The molecule has 1 saturated heterocycles. The van der Waals surface area contributed by atoms with E-state index in [-0.39, 0.29) is 13.2 Å². The lowest BCUT2D eigenvalue weighted by Crippen LogP contribution is -2.58. The molecule has 0 saturated carbocycles. The molecular weight excluding hydrogens is 306 g/mol. The Morgan fingerprint density at radius 3 is 2.43 bits per heavy atom. The van der Waals surface area contributed by atoms with Gasteiger partial charge in [-0.15, -0.1) is 0 Å². The van der Waals surface area contributed by atoms with E-state index >= 15 is 0 Å². The van der Waals surface area contributed by atoms with Gasteiger partial charge >= 0.3 is 0 Å². The van der Waals surface area contributed by atoms with E-state index in [1.165, 1.54) is 6.92 Å². The van der Waals surface area contributed by atoms with Gasteiger partial charge in [-0.05, 0) is 19.1 Å². The van der Waals surface area contributed by atoms with Crippen molar-refractivity contribution >= 4 is 15.9 Å². The zero-order valence-electron chi connectivity index (χ0n) is 11.1. The fourth-order valence-electron chi connectivity index (χ4n) is 2.25. The maximum Gasteiger partial charge on any atom is 0.244 e. The molecule has 0 aliphatic carbocycles. The molecule has 2 rings (SSSR count). The van der Waals surface area contributed by atoms with Crippen molar-refractivity contribution in [3.8, 4) is 0 Å². The molecule has 1 amide bonds. The summed E-state index contributed by atoms with van der Waals surface area (Å²) in [5.41, 5.74) is 5.21. The second-order valence-corrected chi connectivity index (χ2v) is 6.53. The van der Waals surface area contributed by atoms with Crippen molar-refractivity contribution in [3.05, 3.63) is 29.8 Å². The predicted molar refractivity (Wildman–Crippen MR) is 68.6 cm³/mol. The van der Waals surface area contributed by atoms with Crippen LogP contribution in [0.3, 0.4) is 0 Å². The van der Waals surface area contributed by atoms with Crippen molar-refractivity contribution in [2.45, 2.75) is 24.0 Å². The Morgan fingerprint density at radius 1 is 1.33 bits per heavy atom. The van der Waals surface area contributed by atoms with Crippen LogP contribution in [0.15, 0.2) is 23.1 Å². The van der Waals surface area contributed by atoms with Crippen LogP contribution >= 0.6 is 0 Å². The van der Waals surface area contributed by atoms with Gasteiger partial charge in [0.2, 0.25) is 15.9 Å². The number of morpholine rings is 1. The zero-order chi connectivity index (χ0) is 15.8. The summed E-state index contributed by atoms with van der Waals surface area (Å²) in [6.07, 6.45) is -0.746. The normalized spacial score (nSPS) is 24.0. The van der Waals surface area contributed by atoms with Crippen LogP contribution in [0.4, 0.5) is 8.78 Å². The molecule has 1 aromatic rings. The molecule has 2 atom stereocenters. The topological polar surface area (TPSA) is 89.7 Å². The number of benzene rings is 1. The summed E-state index contributed by atoms with van der Waals surface area (Å²) in [5.74, 6) is -2.93. The lowest BCUT2D eigenvalue weighted by atomic mass is 10.1. The van der Waals surface area contributed by atoms with Crippen molar-refractivity contribution in [1.82, 2.24) is 4.31 Å². The summed E-state index contributed by atoms with van der Waals surface area (Å²) < 4.78 is 57.4. The Labute approximate surface area is 120 Å². The number of primary amides is 1. The van der Waals surface area contributed by atoms with Gasteiger partial charge in [0.1, 0.15) is 17.7 Å². The molecule has 1 aromatic carbocycles. The van der Waals surface area contributed by atoms with Crippen molar-refractivity contribution in [3.63, 3.8) is 0 Å². The number of hydrogen-bond acceptors (Lipinski definition) is 4. The molecule has 1 fully saturated rings. The highest BCUT2D eigenvalue weighted by atomic mass is 32.2. The van der Waals surface area contributed by atoms with Gasteiger partial charge in [0, 0.05) is 12.6 Å². The molecule has 0 aromatic heterocycles. The van der Waals surface area contributed by atoms with Gasteiger partial charge in [0.25, 0.3) is 0 Å². The third-order valence-corrected chi connectivity index (χ3v) is 5.04. The molecule has 1 aliphatic rings. The number of sulfonamides is 1. The van der Waals surface area contributed by atoms with E-state index in [4.69, 9.17) is 10.5 Å². The van der Waals surface area contributed by atoms with Gasteiger partial charge in [-0.3, -0.25) is 4.79 Å². The first kappa shape index (κ1) is 15.8. The van der Waals surface area contributed by atoms with Gasteiger partial charge in [-0.1, -0.05) is 0 Å². The van der Waals surface area contributed by atoms with Crippen LogP contribution in [-0.4, -0.2) is 43.9 Å². The Bertz CT molecular complexity index is 645. The summed E-state index contributed by atoms with van der Waals surface area (Å²) in [6.45, 7) is 1.43. The van der Waals surface area contributed by atoms with Crippen LogP contribution in [0.2, 0.25) is 0 Å². The highest BCUT2D eigenvalue weighted by molar-refractivity contribution is 7.89. The largest absolute Gasteiger partial charge is 0.375 e. The van der Waals surface area contributed by atoms with Gasteiger partial charge in [-0.2, -0.15) is 4.31 Å². The number of nitrogens with two attached hydrogens (primary N) is 1. The van der Waals surface area contributed by atoms with Gasteiger partial charge in [0.15, 0.2) is 0 Å². The minimum atomic E-state index is -4.26. The van der Waals surface area contributed by atoms with E-state index in [1.54, 1.807) is 0 Å². The lowest BCUT2D eigenvalue weighted by Gasteiger charge is -2.36. The first-order chi connectivity index (χ1) is 9.73. The van der Waals surface area contributed by atoms with Crippen LogP contribution in [0.25, 0.3) is 0 Å².